The molecule has 0 saturated carbocycles. The largest absolute Gasteiger partial charge is 0.497 e. The van der Waals surface area contributed by atoms with Crippen LogP contribution in [0, 0.1) is 0 Å². The van der Waals surface area contributed by atoms with Crippen molar-refractivity contribution < 1.29 is 9.47 Å². The quantitative estimate of drug-likeness (QED) is 0.659. The van der Waals surface area contributed by atoms with Crippen molar-refractivity contribution in [2.75, 3.05) is 7.11 Å². The molecule has 0 aliphatic carbocycles. The van der Waals surface area contributed by atoms with Crippen molar-refractivity contribution in [3.63, 3.8) is 0 Å². The lowest BCUT2D eigenvalue weighted by Gasteiger charge is -2.13. The molecule has 0 unspecified atom stereocenters. The molecule has 0 amide bonds. The summed E-state index contributed by atoms with van der Waals surface area (Å²) in [7, 11) is 1.67. The van der Waals surface area contributed by atoms with Crippen LogP contribution in [0.2, 0.25) is 0 Å². The Bertz CT molecular complexity index is 809. The Hall–Kier alpha value is -2.75. The summed E-state index contributed by atoms with van der Waals surface area (Å²) in [5.41, 5.74) is 3.27. The third-order valence-corrected chi connectivity index (χ3v) is 3.89. The molecule has 0 N–H and O–H groups in total. The van der Waals surface area contributed by atoms with Crippen molar-refractivity contribution in [3.05, 3.63) is 66.6 Å². The van der Waals surface area contributed by atoms with Gasteiger partial charge in [0.25, 0.3) is 0 Å². The highest BCUT2D eigenvalue weighted by atomic mass is 16.5. The van der Waals surface area contributed by atoms with Crippen molar-refractivity contribution >= 4 is 0 Å². The highest BCUT2D eigenvalue weighted by Crippen LogP contribution is 2.26. The van der Waals surface area contributed by atoms with Crippen molar-refractivity contribution in [2.45, 2.75) is 26.5 Å². The molecule has 0 aliphatic heterocycles. The first-order valence-corrected chi connectivity index (χ1v) is 8.05. The molecule has 4 heteroatoms. The SMILES string of the molecule is COc1cccc(COc2cccc(-c3cncn3C(C)C)c2)c1. The summed E-state index contributed by atoms with van der Waals surface area (Å²) >= 11 is 0. The molecule has 1 heterocycles. The lowest BCUT2D eigenvalue weighted by atomic mass is 10.1. The molecular weight excluding hydrogens is 300 g/mol. The number of hydrogen-bond donors (Lipinski definition) is 0. The molecule has 0 atom stereocenters. The van der Waals surface area contributed by atoms with Gasteiger partial charge in [-0.3, -0.25) is 0 Å². The van der Waals surface area contributed by atoms with E-state index in [0.29, 0.717) is 12.6 Å². The smallest absolute Gasteiger partial charge is 0.120 e. The average Bonchev–Trinajstić information content (AvgIpc) is 3.10. The van der Waals surface area contributed by atoms with Crippen LogP contribution in [0.5, 0.6) is 11.5 Å². The first-order valence-electron chi connectivity index (χ1n) is 8.05. The van der Waals surface area contributed by atoms with Crippen LogP contribution in [-0.2, 0) is 6.61 Å². The van der Waals surface area contributed by atoms with E-state index in [2.05, 4.69) is 35.5 Å². The van der Waals surface area contributed by atoms with Crippen LogP contribution in [0.3, 0.4) is 0 Å². The summed E-state index contributed by atoms with van der Waals surface area (Å²) < 4.78 is 13.3. The van der Waals surface area contributed by atoms with E-state index in [-0.39, 0.29) is 0 Å². The molecule has 1 aromatic heterocycles. The van der Waals surface area contributed by atoms with Gasteiger partial charge in [-0.15, -0.1) is 0 Å². The van der Waals surface area contributed by atoms with Gasteiger partial charge in [0.15, 0.2) is 0 Å². The minimum absolute atomic E-state index is 0.365. The summed E-state index contributed by atoms with van der Waals surface area (Å²) in [5.74, 6) is 1.68. The first kappa shape index (κ1) is 16.1. The molecule has 4 nitrogen and oxygen atoms in total. The molecular formula is C20H22N2O2. The molecule has 3 aromatic rings. The van der Waals surface area contributed by atoms with E-state index in [1.165, 1.54) is 0 Å². The first-order chi connectivity index (χ1) is 11.7. The molecule has 24 heavy (non-hydrogen) atoms. The predicted octanol–water partition coefficient (Wildman–Crippen LogP) is 4.72. The molecule has 3 rings (SSSR count). The average molecular weight is 322 g/mol. The van der Waals surface area contributed by atoms with Gasteiger partial charge in [-0.25, -0.2) is 4.98 Å². The van der Waals surface area contributed by atoms with Gasteiger partial charge in [-0.2, -0.15) is 0 Å². The Labute approximate surface area is 142 Å². The van der Waals surface area contributed by atoms with Crippen molar-refractivity contribution in [3.8, 4) is 22.8 Å². The van der Waals surface area contributed by atoms with E-state index in [9.17, 15) is 0 Å². The Balaban J connectivity index is 1.77. The standard InChI is InChI=1S/C20H22N2O2/c1-15(2)22-14-21-12-20(22)17-7-5-9-19(11-17)24-13-16-6-4-8-18(10-16)23-3/h4-12,14-15H,13H2,1-3H3. The van der Waals surface area contributed by atoms with E-state index >= 15 is 0 Å². The molecule has 0 fully saturated rings. The predicted molar refractivity (Wildman–Crippen MR) is 95.4 cm³/mol. The van der Waals surface area contributed by atoms with Gasteiger partial charge in [0, 0.05) is 11.6 Å². The fraction of sp³-hybridized carbons (Fsp3) is 0.250. The van der Waals surface area contributed by atoms with Crippen LogP contribution in [-0.4, -0.2) is 16.7 Å². The second-order valence-electron chi connectivity index (χ2n) is 5.95. The third kappa shape index (κ3) is 3.59. The number of nitrogens with zero attached hydrogens (tertiary/aromatic N) is 2. The summed E-state index contributed by atoms with van der Waals surface area (Å²) in [6, 6.07) is 16.4. The van der Waals surface area contributed by atoms with Gasteiger partial charge in [0.1, 0.15) is 18.1 Å². The van der Waals surface area contributed by atoms with Gasteiger partial charge in [0.05, 0.1) is 25.3 Å². The third-order valence-electron chi connectivity index (χ3n) is 3.89. The van der Waals surface area contributed by atoms with Crippen molar-refractivity contribution in [1.82, 2.24) is 9.55 Å². The number of ether oxygens (including phenoxy) is 2. The maximum absolute atomic E-state index is 5.95. The van der Waals surface area contributed by atoms with Crippen LogP contribution >= 0.6 is 0 Å². The lowest BCUT2D eigenvalue weighted by Crippen LogP contribution is -2.01. The van der Waals surface area contributed by atoms with Gasteiger partial charge in [0.2, 0.25) is 0 Å². The zero-order valence-electron chi connectivity index (χ0n) is 14.3. The van der Waals surface area contributed by atoms with E-state index < -0.39 is 0 Å². The normalized spacial score (nSPS) is 10.8. The highest BCUT2D eigenvalue weighted by molar-refractivity contribution is 5.61. The second-order valence-corrected chi connectivity index (χ2v) is 5.95. The fourth-order valence-corrected chi connectivity index (χ4v) is 2.61. The fourth-order valence-electron chi connectivity index (χ4n) is 2.61. The highest BCUT2D eigenvalue weighted by Gasteiger charge is 2.08. The Kier molecular flexibility index (Phi) is 4.85. The minimum Gasteiger partial charge on any atom is -0.497 e. The zero-order valence-corrected chi connectivity index (χ0v) is 14.3. The number of imidazole rings is 1. The zero-order chi connectivity index (χ0) is 16.9. The number of hydrogen-bond acceptors (Lipinski definition) is 3. The molecule has 0 saturated heterocycles. The van der Waals surface area contributed by atoms with E-state index in [4.69, 9.17) is 9.47 Å². The van der Waals surface area contributed by atoms with Gasteiger partial charge in [-0.1, -0.05) is 24.3 Å². The number of benzene rings is 2. The maximum Gasteiger partial charge on any atom is 0.120 e. The van der Waals surface area contributed by atoms with Gasteiger partial charge >= 0.3 is 0 Å². The van der Waals surface area contributed by atoms with Gasteiger partial charge < -0.3 is 14.0 Å². The van der Waals surface area contributed by atoms with Crippen LogP contribution in [0.4, 0.5) is 0 Å². The van der Waals surface area contributed by atoms with E-state index in [1.54, 1.807) is 7.11 Å². The van der Waals surface area contributed by atoms with Crippen LogP contribution in [0.15, 0.2) is 61.1 Å². The monoisotopic (exact) mass is 322 g/mol. The Morgan fingerprint density at radius 1 is 1.04 bits per heavy atom. The van der Waals surface area contributed by atoms with Crippen molar-refractivity contribution in [1.29, 1.82) is 0 Å². The molecule has 0 radical (unpaired) electrons. The summed E-state index contributed by atoms with van der Waals surface area (Å²) in [5, 5.41) is 0. The van der Waals surface area contributed by atoms with E-state index in [1.807, 2.05) is 48.9 Å². The maximum atomic E-state index is 5.95. The van der Waals surface area contributed by atoms with Crippen molar-refractivity contribution in [2.24, 2.45) is 0 Å². The number of rotatable bonds is 6. The summed E-state index contributed by atoms with van der Waals surface area (Å²) in [4.78, 5) is 4.27. The molecule has 2 aromatic carbocycles. The van der Waals surface area contributed by atoms with Gasteiger partial charge in [-0.05, 0) is 43.7 Å². The lowest BCUT2D eigenvalue weighted by molar-refractivity contribution is 0.305. The summed E-state index contributed by atoms with van der Waals surface area (Å²) in [6.07, 6.45) is 3.75. The second kappa shape index (κ2) is 7.21. The Morgan fingerprint density at radius 3 is 2.62 bits per heavy atom. The molecule has 0 aliphatic rings. The van der Waals surface area contributed by atoms with Crippen LogP contribution < -0.4 is 9.47 Å². The molecule has 0 bridgehead atoms. The molecule has 0 spiro atoms. The van der Waals surface area contributed by atoms with Crippen LogP contribution in [0.25, 0.3) is 11.3 Å². The Morgan fingerprint density at radius 2 is 1.83 bits per heavy atom. The topological polar surface area (TPSA) is 36.3 Å². The summed E-state index contributed by atoms with van der Waals surface area (Å²) in [6.45, 7) is 4.80. The molecule has 124 valence electrons. The number of methoxy groups -OCH3 is 1. The van der Waals surface area contributed by atoms with E-state index in [0.717, 1.165) is 28.3 Å². The van der Waals surface area contributed by atoms with Crippen LogP contribution in [0.1, 0.15) is 25.5 Å². The number of aromatic nitrogens is 2. The minimum atomic E-state index is 0.365.